The standard InChI is InChI=1S/C34H64NO2S/c1-2-3-4-5-6-7-8-9-10-11-12-13-14-15-18-21-24-33-29-34(37-30-33)31-36-27-23-20-17-16-19-22-25-35-26-28-38-32-35/h26,28,32-34H,2-25,27,29-31H2,1H3/q+1. The number of ether oxygens (including phenoxy) is 2. The predicted molar refractivity (Wildman–Crippen MR) is 165 cm³/mol. The lowest BCUT2D eigenvalue weighted by molar-refractivity contribution is -0.692. The van der Waals surface area contributed by atoms with Crippen LogP contribution >= 0.6 is 11.3 Å². The fourth-order valence-corrected chi connectivity index (χ4v) is 6.52. The molecule has 1 aliphatic heterocycles. The van der Waals surface area contributed by atoms with E-state index in [0.717, 1.165) is 25.7 Å². The molecule has 1 saturated heterocycles. The van der Waals surface area contributed by atoms with Crippen LogP contribution in [0.25, 0.3) is 0 Å². The van der Waals surface area contributed by atoms with Crippen molar-refractivity contribution in [2.45, 2.75) is 174 Å². The van der Waals surface area contributed by atoms with E-state index in [4.69, 9.17) is 9.47 Å². The molecule has 2 rings (SSSR count). The van der Waals surface area contributed by atoms with E-state index in [1.807, 2.05) is 0 Å². The predicted octanol–water partition coefficient (Wildman–Crippen LogP) is 10.4. The molecule has 1 fully saturated rings. The number of nitrogens with zero attached hydrogens (tertiary/aromatic N) is 1. The molecule has 0 radical (unpaired) electrons. The molecule has 0 spiro atoms. The number of unbranched alkanes of at least 4 members (excludes halogenated alkanes) is 20. The molecule has 1 aromatic rings. The van der Waals surface area contributed by atoms with Crippen LogP contribution < -0.4 is 4.57 Å². The van der Waals surface area contributed by atoms with E-state index in [1.165, 1.54) is 161 Å². The minimum atomic E-state index is 0.357. The van der Waals surface area contributed by atoms with E-state index >= 15 is 0 Å². The molecule has 0 aromatic carbocycles. The van der Waals surface area contributed by atoms with Gasteiger partial charge in [-0.05, 0) is 31.6 Å². The molecular weight excluding hydrogens is 486 g/mol. The second-order valence-electron chi connectivity index (χ2n) is 12.1. The number of aromatic nitrogens is 1. The zero-order valence-corrected chi connectivity index (χ0v) is 26.2. The van der Waals surface area contributed by atoms with Gasteiger partial charge in [0.2, 0.25) is 5.51 Å². The van der Waals surface area contributed by atoms with Crippen molar-refractivity contribution in [2.24, 2.45) is 5.92 Å². The average molecular weight is 551 g/mol. The van der Waals surface area contributed by atoms with Crippen molar-refractivity contribution in [3.63, 3.8) is 0 Å². The third-order valence-electron chi connectivity index (χ3n) is 8.42. The summed E-state index contributed by atoms with van der Waals surface area (Å²) in [5, 5.41) is 2.15. The molecule has 2 heterocycles. The van der Waals surface area contributed by atoms with Gasteiger partial charge in [-0.2, -0.15) is 4.57 Å². The van der Waals surface area contributed by atoms with Crippen LogP contribution in [0.4, 0.5) is 0 Å². The summed E-state index contributed by atoms with van der Waals surface area (Å²) in [5.41, 5.74) is 2.20. The smallest absolute Gasteiger partial charge is 0.224 e. The molecular formula is C34H64NO2S+. The molecule has 0 bridgehead atoms. The largest absolute Gasteiger partial charge is 0.379 e. The molecule has 38 heavy (non-hydrogen) atoms. The molecule has 2 atom stereocenters. The van der Waals surface area contributed by atoms with Crippen molar-refractivity contribution >= 4 is 11.3 Å². The van der Waals surface area contributed by atoms with Crippen LogP contribution in [0.2, 0.25) is 0 Å². The Hall–Kier alpha value is -0.450. The minimum absolute atomic E-state index is 0.357. The SMILES string of the molecule is CCCCCCCCCCCCCCCCCCC1COC(COCCCCCCCC[n+]2ccsc2)C1. The molecule has 4 heteroatoms. The highest BCUT2D eigenvalue weighted by Crippen LogP contribution is 2.25. The average Bonchev–Trinajstić information content (AvgIpc) is 3.62. The summed E-state index contributed by atoms with van der Waals surface area (Å²) >= 11 is 1.78. The van der Waals surface area contributed by atoms with Gasteiger partial charge in [0.1, 0.15) is 6.54 Å². The van der Waals surface area contributed by atoms with E-state index in [2.05, 4.69) is 28.6 Å². The van der Waals surface area contributed by atoms with Gasteiger partial charge in [0.15, 0.2) is 6.20 Å². The summed E-state index contributed by atoms with van der Waals surface area (Å²) in [7, 11) is 0. The summed E-state index contributed by atoms with van der Waals surface area (Å²) in [6.07, 6.45) is 36.1. The Morgan fingerprint density at radius 3 is 1.84 bits per heavy atom. The second kappa shape index (κ2) is 25.5. The van der Waals surface area contributed by atoms with E-state index in [1.54, 1.807) is 11.3 Å². The van der Waals surface area contributed by atoms with Gasteiger partial charge in [-0.25, -0.2) is 0 Å². The summed E-state index contributed by atoms with van der Waals surface area (Å²) in [6.45, 7) is 6.17. The highest BCUT2D eigenvalue weighted by atomic mass is 32.1. The Balaban J connectivity index is 1.24. The van der Waals surface area contributed by atoms with Crippen molar-refractivity contribution < 1.29 is 14.0 Å². The first-order chi connectivity index (χ1) is 18.9. The Morgan fingerprint density at radius 1 is 0.711 bits per heavy atom. The van der Waals surface area contributed by atoms with Crippen LogP contribution in [0.15, 0.2) is 17.1 Å². The van der Waals surface area contributed by atoms with Crippen LogP contribution in [-0.4, -0.2) is 25.9 Å². The fraction of sp³-hybridized carbons (Fsp3) is 0.912. The van der Waals surface area contributed by atoms with Crippen LogP contribution in [0.5, 0.6) is 0 Å². The van der Waals surface area contributed by atoms with E-state index in [0.29, 0.717) is 6.10 Å². The quantitative estimate of drug-likeness (QED) is 0.0764. The summed E-state index contributed by atoms with van der Waals surface area (Å²) in [5.74, 6) is 0.780. The molecule has 1 aromatic heterocycles. The van der Waals surface area contributed by atoms with Crippen LogP contribution in [-0.2, 0) is 16.0 Å². The van der Waals surface area contributed by atoms with Gasteiger partial charge >= 0.3 is 0 Å². The van der Waals surface area contributed by atoms with E-state index in [-0.39, 0.29) is 0 Å². The van der Waals surface area contributed by atoms with Gasteiger partial charge in [-0.3, -0.25) is 0 Å². The van der Waals surface area contributed by atoms with Crippen LogP contribution in [0.1, 0.15) is 161 Å². The summed E-state index contributed by atoms with van der Waals surface area (Å²) < 4.78 is 14.3. The molecule has 0 amide bonds. The Kier molecular flexibility index (Phi) is 22.7. The molecule has 0 N–H and O–H groups in total. The van der Waals surface area contributed by atoms with Gasteiger partial charge in [-0.1, -0.05) is 140 Å². The molecule has 0 aliphatic carbocycles. The normalized spacial score (nSPS) is 17.5. The Morgan fingerprint density at radius 2 is 1.26 bits per heavy atom. The van der Waals surface area contributed by atoms with E-state index < -0.39 is 0 Å². The van der Waals surface area contributed by atoms with Gasteiger partial charge < -0.3 is 9.47 Å². The van der Waals surface area contributed by atoms with Crippen molar-refractivity contribution in [1.29, 1.82) is 0 Å². The molecule has 222 valence electrons. The first kappa shape index (κ1) is 33.8. The number of thiazole rings is 1. The minimum Gasteiger partial charge on any atom is -0.379 e. The number of hydrogen-bond acceptors (Lipinski definition) is 3. The highest BCUT2D eigenvalue weighted by molar-refractivity contribution is 7.07. The third-order valence-corrected chi connectivity index (χ3v) is 9.09. The molecule has 1 aliphatic rings. The summed E-state index contributed by atoms with van der Waals surface area (Å²) in [4.78, 5) is 0. The lowest BCUT2D eigenvalue weighted by Gasteiger charge is -2.10. The number of hydrogen-bond donors (Lipinski definition) is 0. The topological polar surface area (TPSA) is 22.3 Å². The van der Waals surface area contributed by atoms with Crippen LogP contribution in [0, 0.1) is 5.92 Å². The second-order valence-corrected chi connectivity index (χ2v) is 12.9. The first-order valence-corrected chi connectivity index (χ1v) is 17.9. The van der Waals surface area contributed by atoms with Crippen LogP contribution in [0.3, 0.4) is 0 Å². The van der Waals surface area contributed by atoms with Gasteiger partial charge in [0.05, 0.1) is 18.1 Å². The van der Waals surface area contributed by atoms with Gasteiger partial charge in [0.25, 0.3) is 0 Å². The van der Waals surface area contributed by atoms with E-state index in [9.17, 15) is 0 Å². The maximum atomic E-state index is 6.02. The van der Waals surface area contributed by atoms with Gasteiger partial charge in [0, 0.05) is 19.6 Å². The molecule has 0 saturated carbocycles. The first-order valence-electron chi connectivity index (χ1n) is 17.0. The number of aryl methyl sites for hydroxylation is 1. The van der Waals surface area contributed by atoms with Gasteiger partial charge in [-0.15, -0.1) is 0 Å². The van der Waals surface area contributed by atoms with Crippen molar-refractivity contribution in [2.75, 3.05) is 19.8 Å². The lowest BCUT2D eigenvalue weighted by atomic mass is 9.97. The van der Waals surface area contributed by atoms with Crippen molar-refractivity contribution in [1.82, 2.24) is 0 Å². The summed E-state index contributed by atoms with van der Waals surface area (Å²) in [6, 6.07) is 0. The molecule has 3 nitrogen and oxygen atoms in total. The van der Waals surface area contributed by atoms with Crippen molar-refractivity contribution in [3.05, 3.63) is 17.1 Å². The lowest BCUT2D eigenvalue weighted by Crippen LogP contribution is -2.29. The number of rotatable bonds is 28. The highest BCUT2D eigenvalue weighted by Gasteiger charge is 2.24. The molecule has 2 unspecified atom stereocenters. The Bertz CT molecular complexity index is 593. The van der Waals surface area contributed by atoms with Crippen molar-refractivity contribution in [3.8, 4) is 0 Å². The third kappa shape index (κ3) is 19.6. The zero-order chi connectivity index (χ0) is 26.8. The zero-order valence-electron chi connectivity index (χ0n) is 25.4. The maximum absolute atomic E-state index is 6.02. The fourth-order valence-electron chi connectivity index (χ4n) is 5.89. The Labute approximate surface area is 241 Å². The maximum Gasteiger partial charge on any atom is 0.224 e. The monoisotopic (exact) mass is 550 g/mol.